The van der Waals surface area contributed by atoms with Crippen LogP contribution < -0.4 is 10.0 Å². The summed E-state index contributed by atoms with van der Waals surface area (Å²) in [5, 5.41) is 3.25. The maximum absolute atomic E-state index is 12.2. The molecule has 1 rings (SSSR count). The molecule has 5 nitrogen and oxygen atoms in total. The molecule has 6 heteroatoms. The number of anilines is 1. The number of sulfonamides is 1. The monoisotopic (exact) mass is 314 g/mol. The molecule has 120 valence electrons. The summed E-state index contributed by atoms with van der Waals surface area (Å²) in [4.78, 5) is 0.286. The molecule has 0 saturated heterocycles. The summed E-state index contributed by atoms with van der Waals surface area (Å²) >= 11 is 0. The Hall–Kier alpha value is -1.11. The Balaban J connectivity index is 2.86. The van der Waals surface area contributed by atoms with Gasteiger partial charge in [-0.1, -0.05) is 32.9 Å². The maximum Gasteiger partial charge on any atom is 0.242 e. The Morgan fingerprint density at radius 2 is 1.90 bits per heavy atom. The Morgan fingerprint density at radius 1 is 1.24 bits per heavy atom. The minimum Gasteiger partial charge on any atom is -0.385 e. The van der Waals surface area contributed by atoms with Crippen molar-refractivity contribution in [2.45, 2.75) is 32.1 Å². The van der Waals surface area contributed by atoms with Crippen LogP contribution in [-0.2, 0) is 14.8 Å². The molecule has 1 aromatic rings. The van der Waals surface area contributed by atoms with Gasteiger partial charge >= 0.3 is 0 Å². The molecule has 0 aliphatic heterocycles. The van der Waals surface area contributed by atoms with Crippen molar-refractivity contribution in [3.05, 3.63) is 24.3 Å². The first-order valence-corrected chi connectivity index (χ1v) is 8.62. The van der Waals surface area contributed by atoms with Gasteiger partial charge in [0.25, 0.3) is 0 Å². The molecule has 0 radical (unpaired) electrons. The zero-order chi connectivity index (χ0) is 15.9. The molecule has 21 heavy (non-hydrogen) atoms. The van der Waals surface area contributed by atoms with Crippen LogP contribution in [0.3, 0.4) is 0 Å². The van der Waals surface area contributed by atoms with Gasteiger partial charge in [-0.2, -0.15) is 0 Å². The van der Waals surface area contributed by atoms with Gasteiger partial charge in [0.1, 0.15) is 4.90 Å². The van der Waals surface area contributed by atoms with Crippen LogP contribution >= 0.6 is 0 Å². The Kier molecular flexibility index (Phi) is 6.64. The molecular weight excluding hydrogens is 288 g/mol. The first kappa shape index (κ1) is 17.9. The van der Waals surface area contributed by atoms with E-state index in [1.165, 1.54) is 0 Å². The third-order valence-corrected chi connectivity index (χ3v) is 4.86. The highest BCUT2D eigenvalue weighted by atomic mass is 32.2. The van der Waals surface area contributed by atoms with Gasteiger partial charge in [-0.05, 0) is 24.0 Å². The molecule has 0 amide bonds. The van der Waals surface area contributed by atoms with Crippen molar-refractivity contribution in [3.8, 4) is 0 Å². The van der Waals surface area contributed by atoms with Crippen LogP contribution in [0.15, 0.2) is 29.2 Å². The predicted molar refractivity (Wildman–Crippen MR) is 86.1 cm³/mol. The lowest BCUT2D eigenvalue weighted by Gasteiger charge is -2.26. The third-order valence-electron chi connectivity index (χ3n) is 3.25. The maximum atomic E-state index is 12.2. The number of rotatable bonds is 9. The molecule has 0 heterocycles. The van der Waals surface area contributed by atoms with E-state index in [1.54, 1.807) is 32.2 Å². The average molecular weight is 314 g/mol. The van der Waals surface area contributed by atoms with E-state index >= 15 is 0 Å². The number of nitrogens with one attached hydrogen (secondary N) is 2. The summed E-state index contributed by atoms with van der Waals surface area (Å²) in [7, 11) is -1.78. The van der Waals surface area contributed by atoms with Gasteiger partial charge in [-0.3, -0.25) is 0 Å². The second kappa shape index (κ2) is 7.77. The first-order chi connectivity index (χ1) is 9.82. The number of methoxy groups -OCH3 is 1. The molecule has 2 N–H and O–H groups in total. The van der Waals surface area contributed by atoms with E-state index in [1.807, 2.05) is 6.07 Å². The normalized spacial score (nSPS) is 12.4. The van der Waals surface area contributed by atoms with Gasteiger partial charge < -0.3 is 10.1 Å². The Morgan fingerprint density at radius 3 is 2.52 bits per heavy atom. The number of para-hydroxylation sites is 1. The average Bonchev–Trinajstić information content (AvgIpc) is 2.43. The van der Waals surface area contributed by atoms with Gasteiger partial charge in [0.15, 0.2) is 0 Å². The van der Waals surface area contributed by atoms with Gasteiger partial charge in [0.05, 0.1) is 5.69 Å². The summed E-state index contributed by atoms with van der Waals surface area (Å²) in [6.07, 6.45) is 0.901. The predicted octanol–water partition coefficient (Wildman–Crippen LogP) is 2.46. The van der Waals surface area contributed by atoms with E-state index in [0.717, 1.165) is 6.42 Å². The highest BCUT2D eigenvalue weighted by molar-refractivity contribution is 7.89. The fraction of sp³-hybridized carbons (Fsp3) is 0.600. The molecule has 0 fully saturated rings. The third kappa shape index (κ3) is 5.65. The molecule has 0 spiro atoms. The van der Waals surface area contributed by atoms with Gasteiger partial charge in [0, 0.05) is 26.8 Å². The first-order valence-electron chi connectivity index (χ1n) is 7.14. The van der Waals surface area contributed by atoms with Crippen LogP contribution in [0.4, 0.5) is 5.69 Å². The summed E-state index contributed by atoms with van der Waals surface area (Å²) in [5.74, 6) is 0. The van der Waals surface area contributed by atoms with Crippen molar-refractivity contribution in [2.24, 2.45) is 5.41 Å². The van der Waals surface area contributed by atoms with Gasteiger partial charge in [0.2, 0.25) is 10.0 Å². The lowest BCUT2D eigenvalue weighted by Crippen LogP contribution is -2.27. The van der Waals surface area contributed by atoms with Crippen LogP contribution in [0.25, 0.3) is 0 Å². The largest absolute Gasteiger partial charge is 0.385 e. The molecule has 0 bridgehead atoms. The fourth-order valence-electron chi connectivity index (χ4n) is 1.92. The number of benzene rings is 1. The minimum absolute atomic E-state index is 0.0189. The molecule has 0 saturated carbocycles. The zero-order valence-electron chi connectivity index (χ0n) is 13.3. The van der Waals surface area contributed by atoms with Crippen molar-refractivity contribution in [2.75, 3.05) is 32.1 Å². The van der Waals surface area contributed by atoms with E-state index in [4.69, 9.17) is 4.74 Å². The minimum atomic E-state index is -3.46. The van der Waals surface area contributed by atoms with E-state index < -0.39 is 10.0 Å². The molecular formula is C15H26N2O3S. The Labute approximate surface area is 128 Å². The highest BCUT2D eigenvalue weighted by Crippen LogP contribution is 2.25. The van der Waals surface area contributed by atoms with E-state index in [-0.39, 0.29) is 10.3 Å². The summed E-state index contributed by atoms with van der Waals surface area (Å²) in [6, 6.07) is 6.96. The van der Waals surface area contributed by atoms with Crippen molar-refractivity contribution in [1.82, 2.24) is 4.72 Å². The molecule has 0 atom stereocenters. The lowest BCUT2D eigenvalue weighted by molar-refractivity contribution is 0.157. The quantitative estimate of drug-likeness (QED) is 0.735. The second-order valence-corrected chi connectivity index (χ2v) is 7.49. The number of hydrogen-bond donors (Lipinski definition) is 2. The van der Waals surface area contributed by atoms with Crippen molar-refractivity contribution < 1.29 is 13.2 Å². The van der Waals surface area contributed by atoms with Crippen LogP contribution in [0.2, 0.25) is 0 Å². The molecule has 1 aromatic carbocycles. The zero-order valence-corrected chi connectivity index (χ0v) is 14.1. The summed E-state index contributed by atoms with van der Waals surface area (Å²) in [5.41, 5.74) is 0.648. The smallest absolute Gasteiger partial charge is 0.242 e. The second-order valence-electron chi connectivity index (χ2n) is 5.76. The lowest BCUT2D eigenvalue weighted by atomic mass is 9.89. The van der Waals surface area contributed by atoms with Gasteiger partial charge in [-0.25, -0.2) is 13.1 Å². The van der Waals surface area contributed by atoms with Crippen LogP contribution in [0, 0.1) is 5.41 Å². The molecule has 0 aliphatic carbocycles. The highest BCUT2D eigenvalue weighted by Gasteiger charge is 2.21. The van der Waals surface area contributed by atoms with Crippen LogP contribution in [0.1, 0.15) is 27.2 Å². The van der Waals surface area contributed by atoms with Crippen LogP contribution in [-0.4, -0.2) is 35.2 Å². The standard InChI is InChI=1S/C15H26N2O3S/c1-5-17-21(18,19)14-9-7-6-8-13(14)16-12-15(2,3)10-11-20-4/h6-9,16-17H,5,10-12H2,1-4H3. The topological polar surface area (TPSA) is 67.4 Å². The number of hydrogen-bond acceptors (Lipinski definition) is 4. The van der Waals surface area contributed by atoms with Gasteiger partial charge in [-0.15, -0.1) is 0 Å². The van der Waals surface area contributed by atoms with E-state index in [0.29, 0.717) is 25.4 Å². The Bertz CT molecular complexity index is 542. The number of ether oxygens (including phenoxy) is 1. The molecule has 0 aromatic heterocycles. The molecule has 0 aliphatic rings. The van der Waals surface area contributed by atoms with Crippen molar-refractivity contribution in [3.63, 3.8) is 0 Å². The van der Waals surface area contributed by atoms with E-state index in [9.17, 15) is 8.42 Å². The molecule has 0 unspecified atom stereocenters. The fourth-order valence-corrected chi connectivity index (χ4v) is 3.14. The SMILES string of the molecule is CCNS(=O)(=O)c1ccccc1NCC(C)(C)CCOC. The summed E-state index contributed by atoms with van der Waals surface area (Å²) in [6.45, 7) is 7.75. The van der Waals surface area contributed by atoms with E-state index in [2.05, 4.69) is 23.9 Å². The van der Waals surface area contributed by atoms with Crippen LogP contribution in [0.5, 0.6) is 0 Å². The van der Waals surface area contributed by atoms with Crippen molar-refractivity contribution in [1.29, 1.82) is 0 Å². The van der Waals surface area contributed by atoms with Crippen molar-refractivity contribution >= 4 is 15.7 Å². The summed E-state index contributed by atoms with van der Waals surface area (Å²) < 4.78 is 32.0.